The van der Waals surface area contributed by atoms with Gasteiger partial charge in [0, 0.05) is 43.3 Å². The SMILES string of the molecule is O=C(Nc1cccc([C@H]2O[C@@H](CN3CCC(n4c(=O)[nH]c5ccccc54)CC3)C[C@@H](c3ccc(CO)cc3)O2)c1)c1c(F)c(F)c(F)c(F)c1F. The molecule has 0 unspecified atom stereocenters. The van der Waals surface area contributed by atoms with Crippen LogP contribution < -0.4 is 11.0 Å². The number of aliphatic hydroxyl groups is 1. The molecule has 3 atom stereocenters. The maximum absolute atomic E-state index is 14.3. The largest absolute Gasteiger partial charge is 0.392 e. The van der Waals surface area contributed by atoms with Crippen LogP contribution in [0.4, 0.5) is 27.6 Å². The van der Waals surface area contributed by atoms with Crippen LogP contribution in [0.25, 0.3) is 11.0 Å². The minimum Gasteiger partial charge on any atom is -0.392 e. The monoisotopic (exact) mass is 708 g/mol. The maximum atomic E-state index is 14.3. The van der Waals surface area contributed by atoms with Crippen LogP contribution in [-0.2, 0) is 16.1 Å². The number of hydrogen-bond acceptors (Lipinski definition) is 6. The third-order valence-corrected chi connectivity index (χ3v) is 9.48. The number of rotatable bonds is 8. The average Bonchev–Trinajstić information content (AvgIpc) is 3.49. The second-order valence-corrected chi connectivity index (χ2v) is 12.7. The Hall–Kier alpha value is -4.89. The van der Waals surface area contributed by atoms with E-state index in [1.165, 1.54) is 18.2 Å². The van der Waals surface area contributed by atoms with Gasteiger partial charge >= 0.3 is 5.69 Å². The lowest BCUT2D eigenvalue weighted by Gasteiger charge is -2.40. The highest BCUT2D eigenvalue weighted by molar-refractivity contribution is 6.04. The predicted octanol–water partition coefficient (Wildman–Crippen LogP) is 6.65. The zero-order valence-corrected chi connectivity index (χ0v) is 27.1. The van der Waals surface area contributed by atoms with E-state index in [9.17, 15) is 36.6 Å². The number of ether oxygens (including phenoxy) is 2. The van der Waals surface area contributed by atoms with Gasteiger partial charge < -0.3 is 29.8 Å². The predicted molar refractivity (Wildman–Crippen MR) is 176 cm³/mol. The fourth-order valence-corrected chi connectivity index (χ4v) is 6.88. The fraction of sp³-hybridized carbons (Fsp3) is 0.297. The Morgan fingerprint density at radius 3 is 2.24 bits per heavy atom. The zero-order chi connectivity index (χ0) is 35.8. The number of likely N-dealkylation sites (tertiary alicyclic amines) is 1. The van der Waals surface area contributed by atoms with E-state index in [1.54, 1.807) is 18.2 Å². The van der Waals surface area contributed by atoms with Crippen LogP contribution in [-0.4, -0.2) is 51.2 Å². The Morgan fingerprint density at radius 1 is 0.843 bits per heavy atom. The van der Waals surface area contributed by atoms with E-state index in [0.717, 1.165) is 48.1 Å². The molecule has 266 valence electrons. The zero-order valence-electron chi connectivity index (χ0n) is 27.1. The Labute approximate surface area is 288 Å². The number of carbonyl (C=O) groups is 1. The first-order valence-corrected chi connectivity index (χ1v) is 16.5. The van der Waals surface area contributed by atoms with E-state index in [-0.39, 0.29) is 30.1 Å². The molecule has 7 rings (SSSR count). The van der Waals surface area contributed by atoms with E-state index >= 15 is 0 Å². The van der Waals surface area contributed by atoms with Crippen LogP contribution in [0.15, 0.2) is 77.6 Å². The second kappa shape index (κ2) is 14.4. The minimum atomic E-state index is -2.36. The molecule has 0 saturated carbocycles. The van der Waals surface area contributed by atoms with Gasteiger partial charge in [0.05, 0.1) is 29.8 Å². The number of aromatic amines is 1. The summed E-state index contributed by atoms with van der Waals surface area (Å²) < 4.78 is 84.4. The van der Waals surface area contributed by atoms with Gasteiger partial charge in [-0.05, 0) is 48.2 Å². The highest BCUT2D eigenvalue weighted by Crippen LogP contribution is 2.39. The third-order valence-electron chi connectivity index (χ3n) is 9.48. The van der Waals surface area contributed by atoms with Gasteiger partial charge in [0.1, 0.15) is 5.56 Å². The molecule has 5 aromatic rings. The summed E-state index contributed by atoms with van der Waals surface area (Å²) in [6.45, 7) is 1.87. The number of carbonyl (C=O) groups excluding carboxylic acids is 1. The number of benzene rings is 4. The lowest BCUT2D eigenvalue weighted by atomic mass is 9.98. The molecule has 1 amide bonds. The summed E-state index contributed by atoms with van der Waals surface area (Å²) in [7, 11) is 0. The van der Waals surface area contributed by atoms with Crippen molar-refractivity contribution >= 4 is 22.6 Å². The smallest absolute Gasteiger partial charge is 0.326 e. The number of halogens is 5. The van der Waals surface area contributed by atoms with Crippen molar-refractivity contribution in [2.45, 2.75) is 50.4 Å². The van der Waals surface area contributed by atoms with E-state index in [1.807, 2.05) is 41.0 Å². The van der Waals surface area contributed by atoms with Crippen molar-refractivity contribution in [1.82, 2.24) is 14.5 Å². The molecule has 2 aliphatic rings. The molecule has 14 heteroatoms. The molecule has 4 aromatic carbocycles. The summed E-state index contributed by atoms with van der Waals surface area (Å²) in [6, 6.07) is 21.0. The van der Waals surface area contributed by atoms with E-state index in [2.05, 4.69) is 15.2 Å². The summed E-state index contributed by atoms with van der Waals surface area (Å²) in [5, 5.41) is 11.7. The Morgan fingerprint density at radius 2 is 1.53 bits per heavy atom. The van der Waals surface area contributed by atoms with E-state index < -0.39 is 53.0 Å². The van der Waals surface area contributed by atoms with Crippen LogP contribution in [0.3, 0.4) is 0 Å². The summed E-state index contributed by atoms with van der Waals surface area (Å²) in [4.78, 5) is 30.7. The van der Waals surface area contributed by atoms with Gasteiger partial charge in [0.2, 0.25) is 5.82 Å². The number of imidazole rings is 1. The number of fused-ring (bicyclic) bond motifs is 1. The molecule has 0 bridgehead atoms. The van der Waals surface area contributed by atoms with Crippen molar-refractivity contribution in [2.75, 3.05) is 25.0 Å². The van der Waals surface area contributed by atoms with Crippen molar-refractivity contribution in [3.63, 3.8) is 0 Å². The Kier molecular flexibility index (Phi) is 9.75. The van der Waals surface area contributed by atoms with Gasteiger partial charge in [-0.1, -0.05) is 48.5 Å². The normalized spacial score (nSPS) is 20.2. The van der Waals surface area contributed by atoms with Crippen LogP contribution in [0.1, 0.15) is 64.7 Å². The molecular weight excluding hydrogens is 675 g/mol. The molecule has 3 N–H and O–H groups in total. The van der Waals surface area contributed by atoms with Gasteiger partial charge in [-0.3, -0.25) is 9.36 Å². The number of nitrogens with one attached hydrogen (secondary N) is 2. The van der Waals surface area contributed by atoms with Gasteiger partial charge in [-0.25, -0.2) is 26.7 Å². The number of amides is 1. The highest BCUT2D eigenvalue weighted by Gasteiger charge is 2.35. The molecule has 2 saturated heterocycles. The fourth-order valence-electron chi connectivity index (χ4n) is 6.88. The number of aliphatic hydroxyl groups excluding tert-OH is 1. The third kappa shape index (κ3) is 6.91. The summed E-state index contributed by atoms with van der Waals surface area (Å²) in [5.74, 6) is -12.8. The number of para-hydroxylation sites is 2. The van der Waals surface area contributed by atoms with Gasteiger partial charge in [-0.2, -0.15) is 0 Å². The molecule has 2 aliphatic heterocycles. The second-order valence-electron chi connectivity index (χ2n) is 12.7. The molecule has 51 heavy (non-hydrogen) atoms. The van der Waals surface area contributed by atoms with Crippen LogP contribution >= 0.6 is 0 Å². The first-order valence-electron chi connectivity index (χ1n) is 16.5. The van der Waals surface area contributed by atoms with Gasteiger partial charge in [0.25, 0.3) is 5.91 Å². The summed E-state index contributed by atoms with van der Waals surface area (Å²) in [5.41, 5.74) is 1.95. The van der Waals surface area contributed by atoms with Crippen LogP contribution in [0, 0.1) is 29.1 Å². The van der Waals surface area contributed by atoms with Crippen molar-refractivity contribution in [1.29, 1.82) is 0 Å². The molecule has 2 fully saturated rings. The first kappa shape index (κ1) is 34.6. The Balaban J connectivity index is 1.09. The quantitative estimate of drug-likeness (QED) is 0.0947. The minimum absolute atomic E-state index is 0.00853. The maximum Gasteiger partial charge on any atom is 0.326 e. The number of nitrogens with zero attached hydrogens (tertiary/aromatic N) is 2. The van der Waals surface area contributed by atoms with Crippen LogP contribution in [0.2, 0.25) is 0 Å². The topological polar surface area (TPSA) is 109 Å². The molecule has 1 aromatic heterocycles. The van der Waals surface area contributed by atoms with Crippen LogP contribution in [0.5, 0.6) is 0 Å². The van der Waals surface area contributed by atoms with E-state index in [0.29, 0.717) is 18.5 Å². The lowest BCUT2D eigenvalue weighted by molar-refractivity contribution is -0.253. The van der Waals surface area contributed by atoms with Gasteiger partial charge in [-0.15, -0.1) is 0 Å². The number of H-pyrrole nitrogens is 1. The highest BCUT2D eigenvalue weighted by atomic mass is 19.2. The van der Waals surface area contributed by atoms with Crippen molar-refractivity contribution in [2.24, 2.45) is 0 Å². The lowest BCUT2D eigenvalue weighted by Crippen LogP contribution is -2.43. The molecule has 0 spiro atoms. The van der Waals surface area contributed by atoms with E-state index in [4.69, 9.17) is 9.47 Å². The first-order chi connectivity index (χ1) is 24.6. The molecule has 0 aliphatic carbocycles. The molecule has 3 heterocycles. The molecule has 0 radical (unpaired) electrons. The van der Waals surface area contributed by atoms with Crippen molar-refractivity contribution < 1.29 is 41.3 Å². The Bertz CT molecular complexity index is 2100. The standard InChI is InChI=1S/C37H33F5N4O5/c38-30-29(31(39)33(41)34(42)32(30)40)35(48)43-23-5-3-4-22(16-23)36-50-25(17-28(51-36)21-10-8-20(19-47)9-11-21)18-45-14-12-24(13-15-45)46-27-7-2-1-6-26(27)44-37(46)49/h1-11,16,24-25,28,36,47H,12-15,17-19H2,(H,43,48)(H,44,49)/t25-,28+,36+/m1/s1. The number of anilines is 1. The summed E-state index contributed by atoms with van der Waals surface area (Å²) >= 11 is 0. The van der Waals surface area contributed by atoms with Crippen molar-refractivity contribution in [3.8, 4) is 0 Å². The number of hydrogen-bond donors (Lipinski definition) is 3. The van der Waals surface area contributed by atoms with Crippen molar-refractivity contribution in [3.05, 3.63) is 135 Å². The average molecular weight is 709 g/mol. The molecular formula is C37H33F5N4O5. The number of piperidine rings is 1. The molecule has 9 nitrogen and oxygen atoms in total. The number of aromatic nitrogens is 2. The summed E-state index contributed by atoms with van der Waals surface area (Å²) in [6.07, 6.45) is 0.282. The van der Waals surface area contributed by atoms with Gasteiger partial charge in [0.15, 0.2) is 29.6 Å².